The predicted octanol–water partition coefficient (Wildman–Crippen LogP) is 3.19. The molecule has 1 N–H and O–H groups in total. The summed E-state index contributed by atoms with van der Waals surface area (Å²) in [5.41, 5.74) is 3.05. The zero-order valence-corrected chi connectivity index (χ0v) is 13.3. The molecule has 6 heteroatoms. The Bertz CT molecular complexity index is 848. The molecule has 3 aromatic rings. The van der Waals surface area contributed by atoms with Gasteiger partial charge in [-0.2, -0.15) is 5.10 Å². The molecule has 0 aliphatic rings. The molecular weight excluding hydrogens is 334 g/mol. The highest BCUT2D eigenvalue weighted by Gasteiger charge is 2.18. The molecule has 0 amide bonds. The van der Waals surface area contributed by atoms with E-state index >= 15 is 0 Å². The average molecular weight is 348 g/mol. The van der Waals surface area contributed by atoms with Crippen LogP contribution in [0.5, 0.6) is 0 Å². The Morgan fingerprint density at radius 1 is 1.38 bits per heavy atom. The number of aromatic nitrogens is 3. The second-order valence-corrected chi connectivity index (χ2v) is 5.73. The highest BCUT2D eigenvalue weighted by Crippen LogP contribution is 2.31. The molecule has 3 rings (SSSR count). The van der Waals surface area contributed by atoms with Crippen molar-refractivity contribution in [3.63, 3.8) is 0 Å². The van der Waals surface area contributed by atoms with Crippen LogP contribution in [0.2, 0.25) is 0 Å². The Balaban J connectivity index is 2.17. The maximum atomic E-state index is 11.3. The zero-order valence-electron chi connectivity index (χ0n) is 11.7. The molecule has 0 saturated heterocycles. The smallest absolute Gasteiger partial charge is 0.339 e. The van der Waals surface area contributed by atoms with Crippen LogP contribution in [0, 0.1) is 6.92 Å². The van der Waals surface area contributed by atoms with Crippen LogP contribution in [0.3, 0.4) is 0 Å². The number of para-hydroxylation sites is 1. The van der Waals surface area contributed by atoms with Crippen LogP contribution >= 0.6 is 15.9 Å². The molecule has 0 aliphatic heterocycles. The van der Waals surface area contributed by atoms with E-state index in [4.69, 9.17) is 0 Å². The lowest BCUT2D eigenvalue weighted by molar-refractivity contribution is 0.0695. The SMILES string of the molecule is Cc1c(Br)c2ccccc2n1Cc1c(C(=O)O)cnn1C. The molecule has 0 unspecified atom stereocenters. The van der Waals surface area contributed by atoms with Gasteiger partial charge < -0.3 is 9.67 Å². The van der Waals surface area contributed by atoms with Gasteiger partial charge in [0.15, 0.2) is 0 Å². The molecule has 2 heterocycles. The van der Waals surface area contributed by atoms with Gasteiger partial charge in [-0.3, -0.25) is 4.68 Å². The quantitative estimate of drug-likeness (QED) is 0.791. The van der Waals surface area contributed by atoms with Crippen LogP contribution in [0.15, 0.2) is 34.9 Å². The number of halogens is 1. The summed E-state index contributed by atoms with van der Waals surface area (Å²) in [6.45, 7) is 2.48. The largest absolute Gasteiger partial charge is 0.478 e. The van der Waals surface area contributed by atoms with Crippen LogP contribution in [0.1, 0.15) is 21.7 Å². The van der Waals surface area contributed by atoms with Crippen molar-refractivity contribution in [3.05, 3.63) is 51.9 Å². The summed E-state index contributed by atoms with van der Waals surface area (Å²) in [7, 11) is 1.76. The molecule has 1 aromatic carbocycles. The first kappa shape index (κ1) is 13.9. The lowest BCUT2D eigenvalue weighted by Gasteiger charge is -2.10. The lowest BCUT2D eigenvalue weighted by Crippen LogP contribution is -2.11. The number of nitrogens with zero attached hydrogens (tertiary/aromatic N) is 3. The number of carbonyl (C=O) groups is 1. The highest BCUT2D eigenvalue weighted by molar-refractivity contribution is 9.10. The average Bonchev–Trinajstić information content (AvgIpc) is 2.94. The summed E-state index contributed by atoms with van der Waals surface area (Å²) in [5, 5.41) is 14.5. The van der Waals surface area contributed by atoms with Gasteiger partial charge in [0.2, 0.25) is 0 Å². The minimum atomic E-state index is -0.953. The standard InChI is InChI=1S/C15H14BrN3O2/c1-9-14(16)10-5-3-4-6-12(10)19(9)8-13-11(15(20)21)7-17-18(13)2/h3-7H,8H2,1-2H3,(H,20,21). The fraction of sp³-hybridized carbons (Fsp3) is 0.200. The van der Waals surface area contributed by atoms with Gasteiger partial charge in [0.1, 0.15) is 5.56 Å². The Hall–Kier alpha value is -2.08. The number of benzene rings is 1. The van der Waals surface area contributed by atoms with Gasteiger partial charge >= 0.3 is 5.97 Å². The van der Waals surface area contributed by atoms with E-state index in [1.54, 1.807) is 11.7 Å². The molecule has 5 nitrogen and oxygen atoms in total. The van der Waals surface area contributed by atoms with Gasteiger partial charge in [0.05, 0.1) is 18.4 Å². The fourth-order valence-corrected chi connectivity index (χ4v) is 3.12. The van der Waals surface area contributed by atoms with Gasteiger partial charge in [-0.15, -0.1) is 0 Å². The summed E-state index contributed by atoms with van der Waals surface area (Å²) < 4.78 is 4.76. The van der Waals surface area contributed by atoms with E-state index in [9.17, 15) is 9.90 Å². The number of hydrogen-bond acceptors (Lipinski definition) is 2. The van der Waals surface area contributed by atoms with Crippen LogP contribution < -0.4 is 0 Å². The minimum absolute atomic E-state index is 0.241. The summed E-state index contributed by atoms with van der Waals surface area (Å²) in [6, 6.07) is 8.05. The molecule has 0 saturated carbocycles. The minimum Gasteiger partial charge on any atom is -0.478 e. The maximum absolute atomic E-state index is 11.3. The first-order valence-corrected chi connectivity index (χ1v) is 7.27. The van der Waals surface area contributed by atoms with Gasteiger partial charge in [0.25, 0.3) is 0 Å². The molecule has 0 bridgehead atoms. The van der Waals surface area contributed by atoms with E-state index in [2.05, 4.69) is 25.6 Å². The third-order valence-electron chi connectivity index (χ3n) is 3.75. The van der Waals surface area contributed by atoms with Crippen molar-refractivity contribution in [2.45, 2.75) is 13.5 Å². The number of hydrogen-bond donors (Lipinski definition) is 1. The third kappa shape index (κ3) is 2.15. The Kier molecular flexibility index (Phi) is 3.33. The van der Waals surface area contributed by atoms with Crippen molar-refractivity contribution in [3.8, 4) is 0 Å². The molecular formula is C15H14BrN3O2. The summed E-state index contributed by atoms with van der Waals surface area (Å²) in [6.07, 6.45) is 1.40. The first-order chi connectivity index (χ1) is 10.0. The van der Waals surface area contributed by atoms with Gasteiger partial charge in [-0.05, 0) is 28.9 Å². The summed E-state index contributed by atoms with van der Waals surface area (Å²) >= 11 is 3.61. The van der Waals surface area contributed by atoms with Crippen molar-refractivity contribution < 1.29 is 9.90 Å². The van der Waals surface area contributed by atoms with E-state index in [1.165, 1.54) is 6.20 Å². The molecule has 21 heavy (non-hydrogen) atoms. The fourth-order valence-electron chi connectivity index (χ4n) is 2.57. The van der Waals surface area contributed by atoms with E-state index in [-0.39, 0.29) is 5.56 Å². The van der Waals surface area contributed by atoms with Crippen molar-refractivity contribution in [1.29, 1.82) is 0 Å². The van der Waals surface area contributed by atoms with Crippen molar-refractivity contribution in [2.75, 3.05) is 0 Å². The normalized spacial score (nSPS) is 11.2. The molecule has 0 radical (unpaired) electrons. The van der Waals surface area contributed by atoms with Gasteiger partial charge in [-0.1, -0.05) is 18.2 Å². The second-order valence-electron chi connectivity index (χ2n) is 4.94. The molecule has 0 atom stereocenters. The van der Waals surface area contributed by atoms with Crippen LogP contribution in [-0.4, -0.2) is 25.4 Å². The molecule has 0 spiro atoms. The molecule has 0 fully saturated rings. The van der Waals surface area contributed by atoms with E-state index in [0.717, 1.165) is 21.1 Å². The highest BCUT2D eigenvalue weighted by atomic mass is 79.9. The monoisotopic (exact) mass is 347 g/mol. The Labute approximate surface area is 129 Å². The van der Waals surface area contributed by atoms with Crippen molar-refractivity contribution in [1.82, 2.24) is 14.3 Å². The van der Waals surface area contributed by atoms with Crippen LogP contribution in [0.4, 0.5) is 0 Å². The topological polar surface area (TPSA) is 60.1 Å². The van der Waals surface area contributed by atoms with E-state index < -0.39 is 5.97 Å². The number of aromatic carboxylic acids is 1. The molecule has 108 valence electrons. The Morgan fingerprint density at radius 2 is 2.10 bits per heavy atom. The number of rotatable bonds is 3. The van der Waals surface area contributed by atoms with Crippen LogP contribution in [-0.2, 0) is 13.6 Å². The lowest BCUT2D eigenvalue weighted by atomic mass is 10.2. The number of carboxylic acid groups (broad SMARTS) is 1. The predicted molar refractivity (Wildman–Crippen MR) is 83.6 cm³/mol. The van der Waals surface area contributed by atoms with E-state index in [1.807, 2.05) is 31.2 Å². The zero-order chi connectivity index (χ0) is 15.1. The third-order valence-corrected chi connectivity index (χ3v) is 4.75. The van der Waals surface area contributed by atoms with Crippen molar-refractivity contribution in [2.24, 2.45) is 7.05 Å². The van der Waals surface area contributed by atoms with Gasteiger partial charge in [0, 0.05) is 28.1 Å². The number of aryl methyl sites for hydroxylation is 1. The molecule has 0 aliphatic carbocycles. The maximum Gasteiger partial charge on any atom is 0.339 e. The summed E-state index contributed by atoms with van der Waals surface area (Å²) in [4.78, 5) is 11.3. The Morgan fingerprint density at radius 3 is 2.81 bits per heavy atom. The first-order valence-electron chi connectivity index (χ1n) is 6.48. The van der Waals surface area contributed by atoms with E-state index in [0.29, 0.717) is 12.2 Å². The number of fused-ring (bicyclic) bond motifs is 1. The van der Waals surface area contributed by atoms with Gasteiger partial charge in [-0.25, -0.2) is 4.79 Å². The van der Waals surface area contributed by atoms with Crippen molar-refractivity contribution >= 4 is 32.8 Å². The second kappa shape index (κ2) is 5.04. The molecule has 2 aromatic heterocycles. The van der Waals surface area contributed by atoms with Crippen LogP contribution in [0.25, 0.3) is 10.9 Å². The summed E-state index contributed by atoms with van der Waals surface area (Å²) in [5.74, 6) is -0.953. The number of carboxylic acids is 1.